The number of anilines is 1. The molecule has 2 heterocycles. The highest BCUT2D eigenvalue weighted by Crippen LogP contribution is 2.27. The van der Waals surface area contributed by atoms with Crippen LogP contribution >= 0.6 is 0 Å². The zero-order valence-electron chi connectivity index (χ0n) is 15.9. The van der Waals surface area contributed by atoms with Gasteiger partial charge in [-0.2, -0.15) is 0 Å². The number of nitrogens with zero attached hydrogens (tertiary/aromatic N) is 4. The van der Waals surface area contributed by atoms with Crippen molar-refractivity contribution in [3.05, 3.63) is 41.9 Å². The standard InChI is InChI=1S/C19H25N5O3/c1-23-6-8-24(9-7-23)18-13-20-15(12-21-18)19(25)22-11-14-4-5-16(26-2)17(10-14)27-3/h4-5,10,12-13H,6-9,11H2,1-3H3,(H,22,25). The fourth-order valence-corrected chi connectivity index (χ4v) is 2.90. The number of rotatable bonds is 6. The molecule has 144 valence electrons. The smallest absolute Gasteiger partial charge is 0.271 e. The summed E-state index contributed by atoms with van der Waals surface area (Å²) in [5.41, 5.74) is 1.20. The van der Waals surface area contributed by atoms with Gasteiger partial charge >= 0.3 is 0 Å². The molecule has 8 nitrogen and oxygen atoms in total. The van der Waals surface area contributed by atoms with Gasteiger partial charge in [-0.15, -0.1) is 0 Å². The number of methoxy groups -OCH3 is 2. The van der Waals surface area contributed by atoms with Crippen LogP contribution in [0.2, 0.25) is 0 Å². The molecule has 0 radical (unpaired) electrons. The number of hydrogen-bond acceptors (Lipinski definition) is 7. The maximum absolute atomic E-state index is 12.3. The number of aromatic nitrogens is 2. The molecule has 0 atom stereocenters. The van der Waals surface area contributed by atoms with Crippen molar-refractivity contribution in [1.82, 2.24) is 20.2 Å². The number of ether oxygens (including phenoxy) is 2. The van der Waals surface area contributed by atoms with Gasteiger partial charge in [0, 0.05) is 32.7 Å². The average Bonchev–Trinajstić information content (AvgIpc) is 2.72. The Morgan fingerprint density at radius 2 is 1.81 bits per heavy atom. The number of carbonyl (C=O) groups is 1. The molecule has 27 heavy (non-hydrogen) atoms. The van der Waals surface area contributed by atoms with Gasteiger partial charge in [0.05, 0.1) is 26.6 Å². The number of nitrogens with one attached hydrogen (secondary N) is 1. The minimum absolute atomic E-state index is 0.262. The van der Waals surface area contributed by atoms with Crippen LogP contribution in [0.4, 0.5) is 5.82 Å². The Hall–Kier alpha value is -2.87. The van der Waals surface area contributed by atoms with E-state index in [1.54, 1.807) is 20.4 Å². The van der Waals surface area contributed by atoms with Crippen molar-refractivity contribution in [2.75, 3.05) is 52.3 Å². The molecule has 1 aromatic heterocycles. The fourth-order valence-electron chi connectivity index (χ4n) is 2.90. The molecule has 1 aliphatic heterocycles. The fraction of sp³-hybridized carbons (Fsp3) is 0.421. The van der Waals surface area contributed by atoms with Gasteiger partial charge in [-0.1, -0.05) is 6.07 Å². The summed E-state index contributed by atoms with van der Waals surface area (Å²) in [6, 6.07) is 5.52. The zero-order chi connectivity index (χ0) is 19.2. The third kappa shape index (κ3) is 4.65. The number of benzene rings is 1. The van der Waals surface area contributed by atoms with Crippen LogP contribution in [0.1, 0.15) is 16.1 Å². The first kappa shape index (κ1) is 18.9. The van der Waals surface area contributed by atoms with Gasteiger partial charge in [0.1, 0.15) is 11.5 Å². The van der Waals surface area contributed by atoms with E-state index in [2.05, 4.69) is 32.1 Å². The second-order valence-corrected chi connectivity index (χ2v) is 6.42. The lowest BCUT2D eigenvalue weighted by Crippen LogP contribution is -2.44. The van der Waals surface area contributed by atoms with Gasteiger partial charge in [-0.25, -0.2) is 9.97 Å². The van der Waals surface area contributed by atoms with E-state index in [9.17, 15) is 4.79 Å². The van der Waals surface area contributed by atoms with Gasteiger partial charge < -0.3 is 24.6 Å². The van der Waals surface area contributed by atoms with E-state index in [1.165, 1.54) is 6.20 Å². The van der Waals surface area contributed by atoms with Crippen molar-refractivity contribution in [3.63, 3.8) is 0 Å². The minimum atomic E-state index is -0.262. The summed E-state index contributed by atoms with van der Waals surface area (Å²) in [5.74, 6) is 1.82. The number of amides is 1. The highest BCUT2D eigenvalue weighted by atomic mass is 16.5. The summed E-state index contributed by atoms with van der Waals surface area (Å²) >= 11 is 0. The predicted octanol–water partition coefficient (Wildman–Crippen LogP) is 1.18. The van der Waals surface area contributed by atoms with Gasteiger partial charge in [0.2, 0.25) is 0 Å². The molecule has 1 saturated heterocycles. The maximum atomic E-state index is 12.3. The molecule has 1 amide bonds. The van der Waals surface area contributed by atoms with Crippen LogP contribution in [-0.2, 0) is 6.54 Å². The first-order valence-electron chi connectivity index (χ1n) is 8.85. The lowest BCUT2D eigenvalue weighted by Gasteiger charge is -2.32. The molecule has 8 heteroatoms. The van der Waals surface area contributed by atoms with Crippen molar-refractivity contribution in [1.29, 1.82) is 0 Å². The molecule has 2 aromatic rings. The Morgan fingerprint density at radius 3 is 2.44 bits per heavy atom. The number of carbonyl (C=O) groups excluding carboxylic acids is 1. The molecule has 1 aromatic carbocycles. The van der Waals surface area contributed by atoms with E-state index in [0.717, 1.165) is 37.6 Å². The average molecular weight is 371 g/mol. The summed E-state index contributed by atoms with van der Waals surface area (Å²) in [5, 5.41) is 2.85. The molecule has 0 spiro atoms. The van der Waals surface area contributed by atoms with Crippen LogP contribution in [0.25, 0.3) is 0 Å². The van der Waals surface area contributed by atoms with Gasteiger partial charge in [-0.3, -0.25) is 4.79 Å². The Kier molecular flexibility index (Phi) is 6.08. The summed E-state index contributed by atoms with van der Waals surface area (Å²) < 4.78 is 10.5. The van der Waals surface area contributed by atoms with E-state index in [4.69, 9.17) is 9.47 Å². The summed E-state index contributed by atoms with van der Waals surface area (Å²) in [4.78, 5) is 25.5. The normalized spacial score (nSPS) is 14.7. The molecule has 3 rings (SSSR count). The van der Waals surface area contributed by atoms with Crippen molar-refractivity contribution < 1.29 is 14.3 Å². The van der Waals surface area contributed by atoms with E-state index in [1.807, 2.05) is 18.2 Å². The molecule has 0 aliphatic carbocycles. The van der Waals surface area contributed by atoms with Gasteiger partial charge in [-0.05, 0) is 24.7 Å². The predicted molar refractivity (Wildman–Crippen MR) is 102 cm³/mol. The quantitative estimate of drug-likeness (QED) is 0.817. The Balaban J connectivity index is 1.58. The maximum Gasteiger partial charge on any atom is 0.271 e. The molecular formula is C19H25N5O3. The van der Waals surface area contributed by atoms with Crippen molar-refractivity contribution in [2.24, 2.45) is 0 Å². The highest BCUT2D eigenvalue weighted by Gasteiger charge is 2.16. The lowest BCUT2D eigenvalue weighted by atomic mass is 10.2. The van der Waals surface area contributed by atoms with Gasteiger partial charge in [0.15, 0.2) is 11.5 Å². The molecule has 0 bridgehead atoms. The van der Waals surface area contributed by atoms with Crippen LogP contribution in [-0.4, -0.2) is 68.2 Å². The molecule has 0 unspecified atom stereocenters. The van der Waals surface area contributed by atoms with E-state index >= 15 is 0 Å². The summed E-state index contributed by atoms with van der Waals surface area (Å²) in [6.07, 6.45) is 3.19. The van der Waals surface area contributed by atoms with Crippen LogP contribution < -0.4 is 19.7 Å². The second-order valence-electron chi connectivity index (χ2n) is 6.42. The summed E-state index contributed by atoms with van der Waals surface area (Å²) in [6.45, 7) is 4.18. The summed E-state index contributed by atoms with van der Waals surface area (Å²) in [7, 11) is 5.27. The lowest BCUT2D eigenvalue weighted by molar-refractivity contribution is 0.0945. The van der Waals surface area contributed by atoms with Crippen LogP contribution in [0.5, 0.6) is 11.5 Å². The zero-order valence-corrected chi connectivity index (χ0v) is 15.9. The SMILES string of the molecule is COc1ccc(CNC(=O)c2cnc(N3CCN(C)CC3)cn2)cc1OC. The molecule has 1 N–H and O–H groups in total. The number of hydrogen-bond donors (Lipinski definition) is 1. The molecule has 1 aliphatic rings. The monoisotopic (exact) mass is 371 g/mol. The minimum Gasteiger partial charge on any atom is -0.493 e. The first-order valence-corrected chi connectivity index (χ1v) is 8.85. The van der Waals surface area contributed by atoms with Crippen molar-refractivity contribution in [2.45, 2.75) is 6.54 Å². The Bertz CT molecular complexity index is 773. The van der Waals surface area contributed by atoms with Crippen LogP contribution in [0, 0.1) is 0 Å². The van der Waals surface area contributed by atoms with Crippen LogP contribution in [0.15, 0.2) is 30.6 Å². The first-order chi connectivity index (χ1) is 13.1. The van der Waals surface area contributed by atoms with E-state index < -0.39 is 0 Å². The molecule has 0 saturated carbocycles. The number of likely N-dealkylation sites (N-methyl/N-ethyl adjacent to an activating group) is 1. The van der Waals surface area contributed by atoms with Gasteiger partial charge in [0.25, 0.3) is 5.91 Å². The third-order valence-corrected chi connectivity index (χ3v) is 4.60. The van der Waals surface area contributed by atoms with E-state index in [-0.39, 0.29) is 5.91 Å². The van der Waals surface area contributed by atoms with Crippen molar-refractivity contribution >= 4 is 11.7 Å². The number of piperazine rings is 1. The topological polar surface area (TPSA) is 79.8 Å². The molecule has 1 fully saturated rings. The highest BCUT2D eigenvalue weighted by molar-refractivity contribution is 5.92. The van der Waals surface area contributed by atoms with E-state index in [0.29, 0.717) is 23.7 Å². The van der Waals surface area contributed by atoms with Crippen LogP contribution in [0.3, 0.4) is 0 Å². The Morgan fingerprint density at radius 1 is 1.07 bits per heavy atom. The Labute approximate surface area is 159 Å². The van der Waals surface area contributed by atoms with Crippen molar-refractivity contribution in [3.8, 4) is 11.5 Å². The second kappa shape index (κ2) is 8.68. The third-order valence-electron chi connectivity index (χ3n) is 4.60. The largest absolute Gasteiger partial charge is 0.493 e. The molecular weight excluding hydrogens is 346 g/mol.